The Balaban J connectivity index is 1.92. The summed E-state index contributed by atoms with van der Waals surface area (Å²) in [5.74, 6) is 0.713. The number of aryl methyl sites for hydroxylation is 1. The molecule has 2 rings (SSSR count). The fraction of sp³-hybridized carbons (Fsp3) is 0.625. The third kappa shape index (κ3) is 4.43. The highest BCUT2D eigenvalue weighted by molar-refractivity contribution is 7.84. The maximum atomic E-state index is 12.5. The molecule has 3 heteroatoms. The highest BCUT2D eigenvalue weighted by atomic mass is 32.2. The molecule has 0 aliphatic heterocycles. The molecule has 0 heterocycles. The molecular formula is C16H25NOS. The van der Waals surface area contributed by atoms with Crippen molar-refractivity contribution in [3.63, 3.8) is 0 Å². The predicted octanol–water partition coefficient (Wildman–Crippen LogP) is 3.16. The molecular weight excluding hydrogens is 254 g/mol. The van der Waals surface area contributed by atoms with E-state index in [0.29, 0.717) is 17.0 Å². The first-order valence-electron chi connectivity index (χ1n) is 7.35. The largest absolute Gasteiger partial charge is 0.314 e. The van der Waals surface area contributed by atoms with Gasteiger partial charge in [-0.25, -0.2) is 0 Å². The van der Waals surface area contributed by atoms with Gasteiger partial charge in [-0.05, 0) is 38.3 Å². The van der Waals surface area contributed by atoms with Crippen LogP contribution in [0, 0.1) is 6.92 Å². The lowest BCUT2D eigenvalue weighted by Crippen LogP contribution is -2.37. The first-order chi connectivity index (χ1) is 9.19. The van der Waals surface area contributed by atoms with E-state index in [4.69, 9.17) is 0 Å². The summed E-state index contributed by atoms with van der Waals surface area (Å²) in [6, 6.07) is 8.97. The maximum Gasteiger partial charge on any atom is 0.0488 e. The van der Waals surface area contributed by atoms with E-state index >= 15 is 0 Å². The minimum Gasteiger partial charge on any atom is -0.314 e. The zero-order chi connectivity index (χ0) is 13.7. The second kappa shape index (κ2) is 7.20. The monoisotopic (exact) mass is 279 g/mol. The lowest BCUT2D eigenvalue weighted by molar-refractivity contribution is 0.383. The van der Waals surface area contributed by atoms with Gasteiger partial charge in [0.1, 0.15) is 0 Å². The molecule has 0 saturated heterocycles. The fourth-order valence-corrected chi connectivity index (χ4v) is 4.56. The number of benzene rings is 1. The first-order valence-corrected chi connectivity index (χ1v) is 8.73. The van der Waals surface area contributed by atoms with Gasteiger partial charge >= 0.3 is 0 Å². The van der Waals surface area contributed by atoms with Crippen LogP contribution in [0.5, 0.6) is 0 Å². The summed E-state index contributed by atoms with van der Waals surface area (Å²) in [5.41, 5.74) is 2.47. The van der Waals surface area contributed by atoms with Gasteiger partial charge in [-0.1, -0.05) is 43.2 Å². The van der Waals surface area contributed by atoms with Gasteiger partial charge in [0.05, 0.1) is 0 Å². The normalized spacial score (nSPS) is 25.2. The summed E-state index contributed by atoms with van der Waals surface area (Å²) in [6.07, 6.45) is 4.65. The molecule has 19 heavy (non-hydrogen) atoms. The minimum atomic E-state index is -0.730. The first kappa shape index (κ1) is 14.7. The smallest absolute Gasteiger partial charge is 0.0488 e. The number of rotatable bonds is 5. The van der Waals surface area contributed by atoms with Crippen molar-refractivity contribution in [1.82, 2.24) is 5.32 Å². The van der Waals surface area contributed by atoms with E-state index in [1.807, 2.05) is 0 Å². The van der Waals surface area contributed by atoms with Crippen LogP contribution in [0.2, 0.25) is 0 Å². The molecule has 3 unspecified atom stereocenters. The molecule has 1 aliphatic rings. The Hall–Kier alpha value is -0.670. The third-order valence-electron chi connectivity index (χ3n) is 3.88. The summed E-state index contributed by atoms with van der Waals surface area (Å²) in [6.45, 7) is 5.25. The van der Waals surface area contributed by atoms with Gasteiger partial charge in [0.25, 0.3) is 0 Å². The van der Waals surface area contributed by atoms with Crippen molar-refractivity contribution in [2.24, 2.45) is 0 Å². The van der Waals surface area contributed by atoms with E-state index in [1.54, 1.807) is 0 Å². The Bertz CT molecular complexity index is 431. The van der Waals surface area contributed by atoms with Gasteiger partial charge in [0, 0.05) is 27.8 Å². The number of nitrogens with one attached hydrogen (secondary N) is 1. The summed E-state index contributed by atoms with van der Waals surface area (Å²) >= 11 is 0. The van der Waals surface area contributed by atoms with Crippen molar-refractivity contribution in [3.05, 3.63) is 35.4 Å². The summed E-state index contributed by atoms with van der Waals surface area (Å²) < 4.78 is 12.5. The average molecular weight is 279 g/mol. The highest BCUT2D eigenvalue weighted by Gasteiger charge is 2.25. The van der Waals surface area contributed by atoms with Gasteiger partial charge in [-0.3, -0.25) is 4.21 Å². The van der Waals surface area contributed by atoms with E-state index in [9.17, 15) is 4.21 Å². The van der Waals surface area contributed by atoms with Crippen LogP contribution in [0.1, 0.15) is 43.7 Å². The van der Waals surface area contributed by atoms with Gasteiger partial charge in [0.2, 0.25) is 0 Å². The molecule has 3 atom stereocenters. The van der Waals surface area contributed by atoms with Crippen LogP contribution in [0.15, 0.2) is 24.3 Å². The summed E-state index contributed by atoms with van der Waals surface area (Å²) in [5, 5.41) is 3.88. The number of hydrogen-bond acceptors (Lipinski definition) is 2. The SMILES string of the molecule is CCNC1CCCC(S(=O)Cc2cccc(C)c2)C1. The Kier molecular flexibility index (Phi) is 5.59. The van der Waals surface area contributed by atoms with Crippen LogP contribution in [-0.4, -0.2) is 22.0 Å². The van der Waals surface area contributed by atoms with E-state index in [2.05, 4.69) is 43.4 Å². The topological polar surface area (TPSA) is 29.1 Å². The molecule has 0 aromatic heterocycles. The molecule has 1 aromatic carbocycles. The van der Waals surface area contributed by atoms with Gasteiger partial charge in [-0.15, -0.1) is 0 Å². The zero-order valence-corrected chi connectivity index (χ0v) is 12.8. The van der Waals surface area contributed by atoms with E-state index in [-0.39, 0.29) is 0 Å². The van der Waals surface area contributed by atoms with Crippen molar-refractivity contribution in [2.45, 2.75) is 56.6 Å². The van der Waals surface area contributed by atoms with Crippen molar-refractivity contribution < 1.29 is 4.21 Å². The van der Waals surface area contributed by atoms with Crippen LogP contribution < -0.4 is 5.32 Å². The van der Waals surface area contributed by atoms with Crippen molar-refractivity contribution in [1.29, 1.82) is 0 Å². The molecule has 1 N–H and O–H groups in total. The Labute approximate surface area is 119 Å². The predicted molar refractivity (Wildman–Crippen MR) is 82.7 cm³/mol. The van der Waals surface area contributed by atoms with Crippen LogP contribution in [-0.2, 0) is 16.6 Å². The Morgan fingerprint density at radius 1 is 1.37 bits per heavy atom. The van der Waals surface area contributed by atoms with E-state index in [1.165, 1.54) is 24.0 Å². The fourth-order valence-electron chi connectivity index (χ4n) is 2.94. The molecule has 1 aromatic rings. The van der Waals surface area contributed by atoms with Crippen molar-refractivity contribution in [2.75, 3.05) is 6.54 Å². The van der Waals surface area contributed by atoms with Crippen LogP contribution >= 0.6 is 0 Å². The molecule has 0 spiro atoms. The van der Waals surface area contributed by atoms with Crippen molar-refractivity contribution in [3.8, 4) is 0 Å². The molecule has 2 nitrogen and oxygen atoms in total. The van der Waals surface area contributed by atoms with Crippen LogP contribution in [0.3, 0.4) is 0 Å². The van der Waals surface area contributed by atoms with Gasteiger partial charge in [0.15, 0.2) is 0 Å². The van der Waals surface area contributed by atoms with Gasteiger partial charge in [-0.2, -0.15) is 0 Å². The van der Waals surface area contributed by atoms with Gasteiger partial charge < -0.3 is 5.32 Å². The zero-order valence-electron chi connectivity index (χ0n) is 12.0. The molecule has 1 aliphatic carbocycles. The number of hydrogen-bond donors (Lipinski definition) is 1. The Morgan fingerprint density at radius 3 is 2.95 bits per heavy atom. The molecule has 1 fully saturated rings. The lowest BCUT2D eigenvalue weighted by Gasteiger charge is -2.29. The van der Waals surface area contributed by atoms with E-state index in [0.717, 1.165) is 19.4 Å². The average Bonchev–Trinajstić information content (AvgIpc) is 2.39. The van der Waals surface area contributed by atoms with Crippen molar-refractivity contribution >= 4 is 10.8 Å². The second-order valence-corrected chi connectivity index (χ2v) is 7.27. The van der Waals surface area contributed by atoms with Crippen LogP contribution in [0.4, 0.5) is 0 Å². The maximum absolute atomic E-state index is 12.5. The highest BCUT2D eigenvalue weighted by Crippen LogP contribution is 2.24. The Morgan fingerprint density at radius 2 is 2.21 bits per heavy atom. The quantitative estimate of drug-likeness (QED) is 0.897. The summed E-state index contributed by atoms with van der Waals surface area (Å²) in [7, 11) is -0.730. The lowest BCUT2D eigenvalue weighted by atomic mass is 9.95. The molecule has 0 radical (unpaired) electrons. The van der Waals surface area contributed by atoms with Crippen LogP contribution in [0.25, 0.3) is 0 Å². The molecule has 1 saturated carbocycles. The molecule has 0 amide bonds. The molecule has 106 valence electrons. The second-order valence-electron chi connectivity index (χ2n) is 5.56. The molecule has 0 bridgehead atoms. The minimum absolute atomic E-state index is 0.373. The third-order valence-corrected chi connectivity index (χ3v) is 5.67. The standard InChI is InChI=1S/C16H25NOS/c1-3-17-15-8-5-9-16(11-15)19(18)12-14-7-4-6-13(2)10-14/h4,6-7,10,15-17H,3,5,8-9,11-12H2,1-2H3. The van der Waals surface area contributed by atoms with E-state index < -0.39 is 10.8 Å². The summed E-state index contributed by atoms with van der Waals surface area (Å²) in [4.78, 5) is 0.